The Labute approximate surface area is 111 Å². The summed E-state index contributed by atoms with van der Waals surface area (Å²) in [7, 11) is 0. The molecule has 1 saturated carbocycles. The molecule has 0 aromatic carbocycles. The highest BCUT2D eigenvalue weighted by Gasteiger charge is 2.27. The standard InChI is InChI=1S/C13H18N4O2/c1-9(18)16-4-6-17(7-5-16)11-8-12(19)15-13(14-11)10-2-3-10/h8,10H,2-7H2,1H3,(H,14,15,19). The summed E-state index contributed by atoms with van der Waals surface area (Å²) >= 11 is 0. The second-order valence-corrected chi connectivity index (χ2v) is 5.26. The third kappa shape index (κ3) is 2.62. The van der Waals surface area contributed by atoms with Crippen LogP contribution in [0.25, 0.3) is 0 Å². The molecular weight excluding hydrogens is 244 g/mol. The first-order chi connectivity index (χ1) is 9.13. The summed E-state index contributed by atoms with van der Waals surface area (Å²) in [4.78, 5) is 34.2. The normalized spacial score (nSPS) is 19.6. The third-order valence-corrected chi connectivity index (χ3v) is 3.76. The molecule has 1 saturated heterocycles. The van der Waals surface area contributed by atoms with Crippen molar-refractivity contribution in [2.45, 2.75) is 25.7 Å². The van der Waals surface area contributed by atoms with E-state index in [-0.39, 0.29) is 11.5 Å². The van der Waals surface area contributed by atoms with Gasteiger partial charge >= 0.3 is 0 Å². The number of carbonyl (C=O) groups is 1. The van der Waals surface area contributed by atoms with Crippen molar-refractivity contribution in [2.24, 2.45) is 0 Å². The highest BCUT2D eigenvalue weighted by molar-refractivity contribution is 5.73. The van der Waals surface area contributed by atoms with E-state index >= 15 is 0 Å². The Morgan fingerprint density at radius 1 is 1.32 bits per heavy atom. The van der Waals surface area contributed by atoms with Gasteiger partial charge in [-0.25, -0.2) is 4.98 Å². The monoisotopic (exact) mass is 262 g/mol. The number of aromatic amines is 1. The van der Waals surface area contributed by atoms with Crippen LogP contribution in [0.5, 0.6) is 0 Å². The number of nitrogens with one attached hydrogen (secondary N) is 1. The number of H-pyrrole nitrogens is 1. The van der Waals surface area contributed by atoms with Gasteiger partial charge in [0.05, 0.1) is 0 Å². The summed E-state index contributed by atoms with van der Waals surface area (Å²) in [6.07, 6.45) is 2.23. The minimum Gasteiger partial charge on any atom is -0.353 e. The average Bonchev–Trinajstić information content (AvgIpc) is 3.22. The molecule has 1 aliphatic heterocycles. The summed E-state index contributed by atoms with van der Waals surface area (Å²) in [5.74, 6) is 2.11. The number of aromatic nitrogens is 2. The molecule has 2 heterocycles. The van der Waals surface area contributed by atoms with Crippen LogP contribution in [-0.4, -0.2) is 47.0 Å². The molecule has 0 unspecified atom stereocenters. The lowest BCUT2D eigenvalue weighted by molar-refractivity contribution is -0.129. The first kappa shape index (κ1) is 12.2. The number of carbonyl (C=O) groups excluding carboxylic acids is 1. The molecule has 6 nitrogen and oxygen atoms in total. The van der Waals surface area contributed by atoms with Crippen LogP contribution in [0, 0.1) is 0 Å². The van der Waals surface area contributed by atoms with Crippen LogP contribution < -0.4 is 10.5 Å². The highest BCUT2D eigenvalue weighted by atomic mass is 16.2. The molecule has 0 bridgehead atoms. The van der Waals surface area contributed by atoms with Crippen LogP contribution in [0.4, 0.5) is 5.82 Å². The Bertz CT molecular complexity index is 542. The van der Waals surface area contributed by atoms with Crippen molar-refractivity contribution in [3.05, 3.63) is 22.2 Å². The Balaban J connectivity index is 1.76. The third-order valence-electron chi connectivity index (χ3n) is 3.76. The van der Waals surface area contributed by atoms with Crippen LogP contribution in [0.2, 0.25) is 0 Å². The molecule has 0 radical (unpaired) electrons. The molecule has 19 heavy (non-hydrogen) atoms. The molecule has 6 heteroatoms. The van der Waals surface area contributed by atoms with Gasteiger partial charge in [-0.15, -0.1) is 0 Å². The second kappa shape index (κ2) is 4.68. The van der Waals surface area contributed by atoms with Gasteiger partial charge in [0.15, 0.2) is 0 Å². The molecular formula is C13H18N4O2. The number of hydrogen-bond acceptors (Lipinski definition) is 4. The van der Waals surface area contributed by atoms with E-state index < -0.39 is 0 Å². The van der Waals surface area contributed by atoms with Gasteiger partial charge in [0, 0.05) is 45.1 Å². The molecule has 1 N–H and O–H groups in total. The van der Waals surface area contributed by atoms with E-state index in [0.29, 0.717) is 19.0 Å². The van der Waals surface area contributed by atoms with E-state index in [1.807, 2.05) is 4.90 Å². The zero-order valence-electron chi connectivity index (χ0n) is 11.1. The van der Waals surface area contributed by atoms with Gasteiger partial charge in [-0.2, -0.15) is 0 Å². The van der Waals surface area contributed by atoms with Crippen molar-refractivity contribution in [1.29, 1.82) is 0 Å². The quantitative estimate of drug-likeness (QED) is 0.833. The number of anilines is 1. The number of hydrogen-bond donors (Lipinski definition) is 1. The minimum absolute atomic E-state index is 0.0825. The first-order valence-electron chi connectivity index (χ1n) is 6.75. The average molecular weight is 262 g/mol. The SMILES string of the molecule is CC(=O)N1CCN(c2cc(=O)[nH]c(C3CC3)n2)CC1. The van der Waals surface area contributed by atoms with Crippen LogP contribution in [0.15, 0.2) is 10.9 Å². The van der Waals surface area contributed by atoms with Gasteiger partial charge < -0.3 is 14.8 Å². The van der Waals surface area contributed by atoms with Crippen LogP contribution >= 0.6 is 0 Å². The molecule has 1 aliphatic carbocycles. The summed E-state index contributed by atoms with van der Waals surface area (Å²) in [6.45, 7) is 4.46. The smallest absolute Gasteiger partial charge is 0.252 e. The summed E-state index contributed by atoms with van der Waals surface area (Å²) in [5, 5.41) is 0. The zero-order chi connectivity index (χ0) is 13.4. The largest absolute Gasteiger partial charge is 0.353 e. The number of rotatable bonds is 2. The Morgan fingerprint density at radius 3 is 2.58 bits per heavy atom. The fourth-order valence-corrected chi connectivity index (χ4v) is 2.43. The van der Waals surface area contributed by atoms with Crippen molar-refractivity contribution in [1.82, 2.24) is 14.9 Å². The van der Waals surface area contributed by atoms with Gasteiger partial charge in [0.1, 0.15) is 11.6 Å². The van der Waals surface area contributed by atoms with Crippen molar-refractivity contribution < 1.29 is 4.79 Å². The lowest BCUT2D eigenvalue weighted by Crippen LogP contribution is -2.48. The molecule has 3 rings (SSSR count). The van der Waals surface area contributed by atoms with Gasteiger partial charge in [0.25, 0.3) is 5.56 Å². The summed E-state index contributed by atoms with van der Waals surface area (Å²) in [5.41, 5.74) is -0.0825. The predicted octanol–water partition coefficient (Wildman–Crippen LogP) is 0.316. The molecule has 2 fully saturated rings. The van der Waals surface area contributed by atoms with E-state index in [4.69, 9.17) is 0 Å². The molecule has 102 valence electrons. The molecule has 0 spiro atoms. The van der Waals surface area contributed by atoms with Crippen molar-refractivity contribution in [2.75, 3.05) is 31.1 Å². The van der Waals surface area contributed by atoms with Gasteiger partial charge in [-0.3, -0.25) is 9.59 Å². The van der Waals surface area contributed by atoms with E-state index in [1.165, 1.54) is 0 Å². The van der Waals surface area contributed by atoms with E-state index in [2.05, 4.69) is 14.9 Å². The second-order valence-electron chi connectivity index (χ2n) is 5.26. The number of nitrogens with zero attached hydrogens (tertiary/aromatic N) is 3. The minimum atomic E-state index is -0.0825. The maximum Gasteiger partial charge on any atom is 0.252 e. The van der Waals surface area contributed by atoms with Crippen LogP contribution in [-0.2, 0) is 4.79 Å². The van der Waals surface area contributed by atoms with Crippen molar-refractivity contribution in [3.8, 4) is 0 Å². The fourth-order valence-electron chi connectivity index (χ4n) is 2.43. The van der Waals surface area contributed by atoms with Gasteiger partial charge in [-0.1, -0.05) is 0 Å². The van der Waals surface area contributed by atoms with Gasteiger partial charge in [-0.05, 0) is 12.8 Å². The number of amides is 1. The molecule has 1 amide bonds. The van der Waals surface area contributed by atoms with Crippen molar-refractivity contribution >= 4 is 11.7 Å². The molecule has 1 aromatic rings. The Morgan fingerprint density at radius 2 is 2.00 bits per heavy atom. The van der Waals surface area contributed by atoms with Crippen LogP contribution in [0.1, 0.15) is 31.5 Å². The fraction of sp³-hybridized carbons (Fsp3) is 0.615. The molecule has 2 aliphatic rings. The predicted molar refractivity (Wildman–Crippen MR) is 71.3 cm³/mol. The lowest BCUT2D eigenvalue weighted by atomic mass is 10.3. The van der Waals surface area contributed by atoms with Crippen molar-refractivity contribution in [3.63, 3.8) is 0 Å². The highest BCUT2D eigenvalue weighted by Crippen LogP contribution is 2.37. The summed E-state index contributed by atoms with van der Waals surface area (Å²) in [6, 6.07) is 1.55. The lowest BCUT2D eigenvalue weighted by Gasteiger charge is -2.34. The van der Waals surface area contributed by atoms with Gasteiger partial charge in [0.2, 0.25) is 5.91 Å². The summed E-state index contributed by atoms with van der Waals surface area (Å²) < 4.78 is 0. The Kier molecular flexibility index (Phi) is 3.00. The number of piperazine rings is 1. The Hall–Kier alpha value is -1.85. The maximum atomic E-state index is 11.7. The molecule has 1 aromatic heterocycles. The zero-order valence-corrected chi connectivity index (χ0v) is 11.1. The van der Waals surface area contributed by atoms with Crippen LogP contribution in [0.3, 0.4) is 0 Å². The maximum absolute atomic E-state index is 11.7. The topological polar surface area (TPSA) is 69.3 Å². The van der Waals surface area contributed by atoms with E-state index in [0.717, 1.165) is 37.6 Å². The first-order valence-corrected chi connectivity index (χ1v) is 6.75. The van der Waals surface area contributed by atoms with E-state index in [1.54, 1.807) is 13.0 Å². The molecule has 0 atom stereocenters. The van der Waals surface area contributed by atoms with E-state index in [9.17, 15) is 9.59 Å².